The molecule has 2 aromatic heterocycles. The number of rotatable bonds is 5. The summed E-state index contributed by atoms with van der Waals surface area (Å²) in [5.74, 6) is 0. The Balaban J connectivity index is 1.97. The molecule has 0 bridgehead atoms. The van der Waals surface area contributed by atoms with Gasteiger partial charge < -0.3 is 4.98 Å². The lowest BCUT2D eigenvalue weighted by Gasteiger charge is -2.14. The van der Waals surface area contributed by atoms with Gasteiger partial charge in [-0.15, -0.1) is 0 Å². The van der Waals surface area contributed by atoms with E-state index >= 15 is 0 Å². The summed E-state index contributed by atoms with van der Waals surface area (Å²) < 4.78 is 41.2. The van der Waals surface area contributed by atoms with Crippen molar-refractivity contribution in [2.45, 2.75) is 25.6 Å². The maximum atomic E-state index is 13.4. The Hall–Kier alpha value is -3.45. The summed E-state index contributed by atoms with van der Waals surface area (Å²) in [7, 11) is 0. The molecule has 0 aliphatic rings. The first-order valence-electron chi connectivity index (χ1n) is 8.56. The third-order valence-corrected chi connectivity index (χ3v) is 4.43. The first kappa shape index (κ1) is 21.3. The first-order chi connectivity index (χ1) is 14.2. The van der Waals surface area contributed by atoms with Gasteiger partial charge in [0, 0.05) is 16.8 Å². The van der Waals surface area contributed by atoms with Gasteiger partial charge in [-0.2, -0.15) is 18.4 Å². The lowest BCUT2D eigenvalue weighted by molar-refractivity contribution is -0.142. The van der Waals surface area contributed by atoms with Crippen molar-refractivity contribution < 1.29 is 13.2 Å². The topological polar surface area (TPSA) is 104 Å². The van der Waals surface area contributed by atoms with Gasteiger partial charge >= 0.3 is 6.18 Å². The minimum absolute atomic E-state index is 0.0517. The van der Waals surface area contributed by atoms with E-state index in [0.29, 0.717) is 5.56 Å². The fourth-order valence-corrected chi connectivity index (χ4v) is 3.13. The predicted molar refractivity (Wildman–Crippen MR) is 101 cm³/mol. The van der Waals surface area contributed by atoms with Gasteiger partial charge in [-0.3, -0.25) is 19.1 Å². The lowest BCUT2D eigenvalue weighted by atomic mass is 10.0. The third kappa shape index (κ3) is 4.93. The highest BCUT2D eigenvalue weighted by molar-refractivity contribution is 6.30. The fraction of sp³-hybridized carbons (Fsp3) is 0.211. The molecule has 0 unspecified atom stereocenters. The van der Waals surface area contributed by atoms with Gasteiger partial charge in [-0.1, -0.05) is 11.6 Å². The maximum Gasteiger partial charge on any atom is 0.433 e. The number of hydrogen-bond donors (Lipinski definition) is 1. The van der Waals surface area contributed by atoms with Gasteiger partial charge in [0.25, 0.3) is 11.1 Å². The van der Waals surface area contributed by atoms with Crippen molar-refractivity contribution in [2.24, 2.45) is 0 Å². The molecule has 30 heavy (non-hydrogen) atoms. The van der Waals surface area contributed by atoms with E-state index in [2.05, 4.69) is 15.0 Å². The van der Waals surface area contributed by atoms with Crippen molar-refractivity contribution in [3.63, 3.8) is 0 Å². The molecule has 1 aromatic carbocycles. The fourth-order valence-electron chi connectivity index (χ4n) is 2.87. The van der Waals surface area contributed by atoms with Crippen molar-refractivity contribution >= 4 is 11.6 Å². The molecule has 3 rings (SSSR count). The summed E-state index contributed by atoms with van der Waals surface area (Å²) >= 11 is 5.93. The number of H-pyrrole nitrogens is 1. The quantitative estimate of drug-likeness (QED) is 0.663. The second-order valence-corrected chi connectivity index (χ2v) is 6.80. The van der Waals surface area contributed by atoms with Crippen LogP contribution in [0.1, 0.15) is 28.1 Å². The van der Waals surface area contributed by atoms with E-state index in [1.807, 2.05) is 6.07 Å². The summed E-state index contributed by atoms with van der Waals surface area (Å²) in [6.07, 6.45) is -1.95. The molecule has 0 radical (unpaired) electrons. The number of nitriles is 1. The molecule has 0 amide bonds. The van der Waals surface area contributed by atoms with Crippen molar-refractivity contribution in [2.75, 3.05) is 0 Å². The summed E-state index contributed by atoms with van der Waals surface area (Å²) in [5, 5.41) is 9.28. The van der Waals surface area contributed by atoms with Gasteiger partial charge in [0.2, 0.25) is 0 Å². The Morgan fingerprint density at radius 1 is 1.17 bits per heavy atom. The van der Waals surface area contributed by atoms with E-state index < -0.39 is 28.6 Å². The van der Waals surface area contributed by atoms with Gasteiger partial charge in [0.15, 0.2) is 5.69 Å². The van der Waals surface area contributed by atoms with E-state index in [0.717, 1.165) is 17.1 Å². The van der Waals surface area contributed by atoms with Crippen LogP contribution < -0.4 is 11.1 Å². The lowest BCUT2D eigenvalue weighted by Crippen LogP contribution is -2.30. The second-order valence-electron chi connectivity index (χ2n) is 6.36. The van der Waals surface area contributed by atoms with Crippen LogP contribution in [0.25, 0.3) is 0 Å². The van der Waals surface area contributed by atoms with Gasteiger partial charge in [0.1, 0.15) is 0 Å². The summed E-state index contributed by atoms with van der Waals surface area (Å²) in [5.41, 5.74) is -2.03. The average molecular weight is 436 g/mol. The number of aromatic nitrogens is 4. The first-order valence-corrected chi connectivity index (χ1v) is 8.94. The minimum Gasteiger partial charge on any atom is -0.326 e. The third-order valence-electron chi connectivity index (χ3n) is 4.21. The van der Waals surface area contributed by atoms with E-state index in [1.54, 1.807) is 0 Å². The molecule has 0 spiro atoms. The summed E-state index contributed by atoms with van der Waals surface area (Å²) in [4.78, 5) is 33.5. The number of benzene rings is 1. The number of hydrogen-bond acceptors (Lipinski definition) is 5. The van der Waals surface area contributed by atoms with Crippen molar-refractivity contribution in [3.8, 4) is 6.07 Å². The van der Waals surface area contributed by atoms with E-state index in [4.69, 9.17) is 16.9 Å². The number of nitrogens with zero attached hydrogens (tertiary/aromatic N) is 4. The molecule has 0 saturated carbocycles. The van der Waals surface area contributed by atoms with E-state index in [1.165, 1.54) is 24.4 Å². The molecule has 2 heterocycles. The van der Waals surface area contributed by atoms with Crippen LogP contribution in [0.4, 0.5) is 13.2 Å². The van der Waals surface area contributed by atoms with Crippen LogP contribution in [-0.2, 0) is 25.6 Å². The van der Waals surface area contributed by atoms with Crippen LogP contribution in [0.15, 0.2) is 46.5 Å². The van der Waals surface area contributed by atoms with Gasteiger partial charge in [-0.25, -0.2) is 4.98 Å². The highest BCUT2D eigenvalue weighted by Crippen LogP contribution is 2.29. The molecule has 0 aliphatic carbocycles. The summed E-state index contributed by atoms with van der Waals surface area (Å²) in [6, 6.07) is 6.37. The van der Waals surface area contributed by atoms with Gasteiger partial charge in [-0.05, 0) is 36.6 Å². The molecular formula is C19H13ClF3N5O2. The smallest absolute Gasteiger partial charge is 0.326 e. The number of aryl methyl sites for hydroxylation is 1. The van der Waals surface area contributed by atoms with Crippen LogP contribution in [0, 0.1) is 11.3 Å². The average Bonchev–Trinajstić information content (AvgIpc) is 2.68. The minimum atomic E-state index is -4.81. The predicted octanol–water partition coefficient (Wildman–Crippen LogP) is 2.70. The highest BCUT2D eigenvalue weighted by Gasteiger charge is 2.36. The van der Waals surface area contributed by atoms with Crippen LogP contribution in [0.3, 0.4) is 0 Å². The number of nitrogens with one attached hydrogen (secondary N) is 1. The van der Waals surface area contributed by atoms with Crippen molar-refractivity contribution in [1.29, 1.82) is 5.26 Å². The number of alkyl halides is 3. The molecule has 1 N–H and O–H groups in total. The molecule has 0 saturated heterocycles. The summed E-state index contributed by atoms with van der Waals surface area (Å²) in [6.45, 7) is -0.163. The molecule has 0 aliphatic heterocycles. The van der Waals surface area contributed by atoms with Crippen LogP contribution in [0.2, 0.25) is 5.02 Å². The van der Waals surface area contributed by atoms with Crippen LogP contribution >= 0.6 is 11.6 Å². The Morgan fingerprint density at radius 3 is 2.57 bits per heavy atom. The zero-order valence-electron chi connectivity index (χ0n) is 15.2. The van der Waals surface area contributed by atoms with Crippen LogP contribution in [0.5, 0.6) is 0 Å². The Bertz CT molecular complexity index is 1220. The van der Waals surface area contributed by atoms with Crippen molar-refractivity contribution in [3.05, 3.63) is 90.7 Å². The normalized spacial score (nSPS) is 11.3. The number of aromatic amines is 1. The standard InChI is InChI=1S/C19H13ClF3N5O2/c20-13-4-11(3-12(5-13)6-24)1-2-15-17(19(21,22)23)27-10-28(18(15)30)9-14-7-26-16(29)8-25-14/h3-5,7-8,10H,1-2,9H2,(H,26,29). The Morgan fingerprint density at radius 2 is 1.93 bits per heavy atom. The highest BCUT2D eigenvalue weighted by atomic mass is 35.5. The molecule has 11 heteroatoms. The van der Waals surface area contributed by atoms with Crippen molar-refractivity contribution in [1.82, 2.24) is 19.5 Å². The molecule has 154 valence electrons. The largest absolute Gasteiger partial charge is 0.433 e. The molecule has 3 aromatic rings. The molecular weight excluding hydrogens is 423 g/mol. The monoisotopic (exact) mass is 435 g/mol. The zero-order valence-corrected chi connectivity index (χ0v) is 16.0. The van der Waals surface area contributed by atoms with Gasteiger partial charge in [0.05, 0.1) is 36.4 Å². The number of halogens is 4. The zero-order chi connectivity index (χ0) is 21.9. The molecule has 0 atom stereocenters. The molecule has 7 nitrogen and oxygen atoms in total. The Labute approximate surface area is 172 Å². The second kappa shape index (κ2) is 8.51. The SMILES string of the molecule is N#Cc1cc(Cl)cc(CCc2c(C(F)(F)F)ncn(Cc3c[nH]c(=O)cn3)c2=O)c1. The van der Waals surface area contributed by atoms with E-state index in [9.17, 15) is 22.8 Å². The maximum absolute atomic E-state index is 13.4. The van der Waals surface area contributed by atoms with E-state index in [-0.39, 0.29) is 35.7 Å². The molecule has 0 fully saturated rings. The van der Waals surface area contributed by atoms with Crippen LogP contribution in [-0.4, -0.2) is 19.5 Å². The Kier molecular flexibility index (Phi) is 6.03.